The SMILES string of the molecule is COc1cc(OCC2CC3CCC2C3)cc(/C(N)=N/O)c1. The number of hydrogen-bond acceptors (Lipinski definition) is 4. The van der Waals surface area contributed by atoms with Crippen molar-refractivity contribution >= 4 is 5.84 Å². The summed E-state index contributed by atoms with van der Waals surface area (Å²) in [5.74, 6) is 3.83. The number of methoxy groups -OCH3 is 1. The van der Waals surface area contributed by atoms with E-state index >= 15 is 0 Å². The molecule has 2 bridgehead atoms. The summed E-state index contributed by atoms with van der Waals surface area (Å²) in [6, 6.07) is 5.34. The average Bonchev–Trinajstić information content (AvgIpc) is 3.14. The molecule has 1 aromatic carbocycles. The highest BCUT2D eigenvalue weighted by molar-refractivity contribution is 5.97. The van der Waals surface area contributed by atoms with Crippen LogP contribution in [0.5, 0.6) is 11.5 Å². The zero-order valence-corrected chi connectivity index (χ0v) is 12.3. The van der Waals surface area contributed by atoms with Gasteiger partial charge in [0.2, 0.25) is 0 Å². The van der Waals surface area contributed by atoms with Crippen molar-refractivity contribution in [2.24, 2.45) is 28.6 Å². The summed E-state index contributed by atoms with van der Waals surface area (Å²) in [6.07, 6.45) is 5.42. The summed E-state index contributed by atoms with van der Waals surface area (Å²) < 4.78 is 11.2. The van der Waals surface area contributed by atoms with E-state index in [9.17, 15) is 0 Å². The zero-order valence-electron chi connectivity index (χ0n) is 12.3. The molecule has 0 saturated heterocycles. The van der Waals surface area contributed by atoms with Crippen LogP contribution in [-0.4, -0.2) is 24.8 Å². The van der Waals surface area contributed by atoms with Crippen LogP contribution in [-0.2, 0) is 0 Å². The van der Waals surface area contributed by atoms with Gasteiger partial charge in [0.1, 0.15) is 11.5 Å². The molecule has 0 aliphatic heterocycles. The lowest BCUT2D eigenvalue weighted by molar-refractivity contribution is 0.194. The van der Waals surface area contributed by atoms with Gasteiger partial charge >= 0.3 is 0 Å². The fourth-order valence-electron chi connectivity index (χ4n) is 3.76. The highest BCUT2D eigenvalue weighted by atomic mass is 16.5. The van der Waals surface area contributed by atoms with Crippen LogP contribution in [0.2, 0.25) is 0 Å². The van der Waals surface area contributed by atoms with Crippen LogP contribution in [0.25, 0.3) is 0 Å². The predicted molar refractivity (Wildman–Crippen MR) is 79.9 cm³/mol. The van der Waals surface area contributed by atoms with Gasteiger partial charge in [-0.1, -0.05) is 11.6 Å². The van der Waals surface area contributed by atoms with Gasteiger partial charge < -0.3 is 20.4 Å². The quantitative estimate of drug-likeness (QED) is 0.378. The van der Waals surface area contributed by atoms with Gasteiger partial charge in [0.15, 0.2) is 5.84 Å². The second-order valence-corrected chi connectivity index (χ2v) is 6.13. The third kappa shape index (κ3) is 2.91. The van der Waals surface area contributed by atoms with E-state index < -0.39 is 0 Å². The molecule has 3 unspecified atom stereocenters. The lowest BCUT2D eigenvalue weighted by Crippen LogP contribution is -2.19. The van der Waals surface area contributed by atoms with Crippen LogP contribution >= 0.6 is 0 Å². The molecular weight excluding hydrogens is 268 g/mol. The van der Waals surface area contributed by atoms with Gasteiger partial charge in [-0.25, -0.2) is 0 Å². The molecule has 5 heteroatoms. The third-order valence-electron chi connectivity index (χ3n) is 4.87. The average molecular weight is 290 g/mol. The van der Waals surface area contributed by atoms with E-state index in [1.165, 1.54) is 25.7 Å². The summed E-state index contributed by atoms with van der Waals surface area (Å²) in [5, 5.41) is 11.8. The van der Waals surface area contributed by atoms with Crippen LogP contribution in [0.3, 0.4) is 0 Å². The molecule has 114 valence electrons. The molecule has 2 aliphatic carbocycles. The molecule has 0 spiro atoms. The van der Waals surface area contributed by atoms with Crippen molar-refractivity contribution in [2.45, 2.75) is 25.7 Å². The fourth-order valence-corrected chi connectivity index (χ4v) is 3.76. The zero-order chi connectivity index (χ0) is 14.8. The summed E-state index contributed by atoms with van der Waals surface area (Å²) >= 11 is 0. The van der Waals surface area contributed by atoms with Crippen LogP contribution in [0.15, 0.2) is 23.4 Å². The van der Waals surface area contributed by atoms with E-state index in [2.05, 4.69) is 5.16 Å². The molecule has 1 aromatic rings. The van der Waals surface area contributed by atoms with E-state index in [0.29, 0.717) is 23.0 Å². The van der Waals surface area contributed by atoms with E-state index in [-0.39, 0.29) is 5.84 Å². The largest absolute Gasteiger partial charge is 0.497 e. The lowest BCUT2D eigenvalue weighted by atomic mass is 9.89. The van der Waals surface area contributed by atoms with Crippen molar-refractivity contribution in [3.05, 3.63) is 23.8 Å². The Labute approximate surface area is 124 Å². The predicted octanol–water partition coefficient (Wildman–Crippen LogP) is 2.60. The Morgan fingerprint density at radius 1 is 1.29 bits per heavy atom. The van der Waals surface area contributed by atoms with Gasteiger partial charge in [-0.2, -0.15) is 0 Å². The lowest BCUT2D eigenvalue weighted by Gasteiger charge is -2.22. The van der Waals surface area contributed by atoms with Gasteiger partial charge in [0.25, 0.3) is 0 Å². The first-order valence-electron chi connectivity index (χ1n) is 7.49. The minimum Gasteiger partial charge on any atom is -0.497 e. The number of oxime groups is 1. The number of hydrogen-bond donors (Lipinski definition) is 2. The van der Waals surface area contributed by atoms with Crippen molar-refractivity contribution in [3.8, 4) is 11.5 Å². The summed E-state index contributed by atoms with van der Waals surface area (Å²) in [5.41, 5.74) is 6.24. The number of benzene rings is 1. The molecule has 0 amide bonds. The van der Waals surface area contributed by atoms with Gasteiger partial charge in [0.05, 0.1) is 13.7 Å². The van der Waals surface area contributed by atoms with E-state index in [0.717, 1.165) is 18.4 Å². The molecule has 0 heterocycles. The van der Waals surface area contributed by atoms with Crippen LogP contribution in [0, 0.1) is 17.8 Å². The van der Waals surface area contributed by atoms with E-state index in [1.807, 2.05) is 6.07 Å². The maximum Gasteiger partial charge on any atom is 0.170 e. The Kier molecular flexibility index (Phi) is 3.90. The van der Waals surface area contributed by atoms with Gasteiger partial charge in [0, 0.05) is 11.6 Å². The molecule has 2 saturated carbocycles. The highest BCUT2D eigenvalue weighted by Gasteiger charge is 2.39. The smallest absolute Gasteiger partial charge is 0.170 e. The number of ether oxygens (including phenoxy) is 2. The first kappa shape index (κ1) is 14.0. The number of rotatable bonds is 5. The molecule has 0 radical (unpaired) electrons. The number of nitrogens with zero attached hydrogens (tertiary/aromatic N) is 1. The molecule has 3 N–H and O–H groups in total. The Morgan fingerprint density at radius 2 is 2.10 bits per heavy atom. The minimum atomic E-state index is 0.0543. The second kappa shape index (κ2) is 5.84. The standard InChI is InChI=1S/C16H22N2O3/c1-20-14-6-12(16(17)18-19)7-15(8-14)21-9-13-5-10-2-3-11(13)4-10/h6-8,10-11,13,19H,2-5,9H2,1H3,(H2,17,18). The highest BCUT2D eigenvalue weighted by Crippen LogP contribution is 2.48. The van der Waals surface area contributed by atoms with Crippen molar-refractivity contribution in [2.75, 3.05) is 13.7 Å². The van der Waals surface area contributed by atoms with Gasteiger partial charge in [-0.15, -0.1) is 0 Å². The van der Waals surface area contributed by atoms with Crippen LogP contribution in [0.1, 0.15) is 31.2 Å². The Balaban J connectivity index is 1.69. The van der Waals surface area contributed by atoms with E-state index in [4.69, 9.17) is 20.4 Å². The molecule has 3 rings (SSSR count). The first-order chi connectivity index (χ1) is 10.2. The second-order valence-electron chi connectivity index (χ2n) is 6.13. The molecule has 21 heavy (non-hydrogen) atoms. The first-order valence-corrected chi connectivity index (χ1v) is 7.49. The maximum atomic E-state index is 8.80. The van der Waals surface area contributed by atoms with Crippen molar-refractivity contribution in [1.82, 2.24) is 0 Å². The number of nitrogens with two attached hydrogens (primary N) is 1. The summed E-state index contributed by atoms with van der Waals surface area (Å²) in [7, 11) is 1.59. The molecule has 2 fully saturated rings. The molecule has 0 aromatic heterocycles. The Hall–Kier alpha value is -1.91. The Morgan fingerprint density at radius 3 is 2.71 bits per heavy atom. The minimum absolute atomic E-state index is 0.0543. The Bertz CT molecular complexity index is 544. The number of amidine groups is 1. The topological polar surface area (TPSA) is 77.1 Å². The maximum absolute atomic E-state index is 8.80. The molecule has 2 aliphatic rings. The van der Waals surface area contributed by atoms with Crippen molar-refractivity contribution < 1.29 is 14.7 Å². The fraction of sp³-hybridized carbons (Fsp3) is 0.562. The van der Waals surface area contributed by atoms with Crippen LogP contribution in [0.4, 0.5) is 0 Å². The van der Waals surface area contributed by atoms with Crippen LogP contribution < -0.4 is 15.2 Å². The molecule has 5 nitrogen and oxygen atoms in total. The van der Waals surface area contributed by atoms with Crippen molar-refractivity contribution in [1.29, 1.82) is 0 Å². The summed E-state index contributed by atoms with van der Waals surface area (Å²) in [4.78, 5) is 0. The normalized spacial score (nSPS) is 27.9. The van der Waals surface area contributed by atoms with E-state index in [1.54, 1.807) is 19.2 Å². The monoisotopic (exact) mass is 290 g/mol. The van der Waals surface area contributed by atoms with Crippen molar-refractivity contribution in [3.63, 3.8) is 0 Å². The van der Waals surface area contributed by atoms with Gasteiger partial charge in [-0.3, -0.25) is 0 Å². The third-order valence-corrected chi connectivity index (χ3v) is 4.87. The number of fused-ring (bicyclic) bond motifs is 2. The molecular formula is C16H22N2O3. The van der Waals surface area contributed by atoms with Gasteiger partial charge in [-0.05, 0) is 49.1 Å². The molecule has 3 atom stereocenters. The summed E-state index contributed by atoms with van der Waals surface area (Å²) in [6.45, 7) is 0.740.